The number of rotatable bonds is 4. The van der Waals surface area contributed by atoms with Gasteiger partial charge in [-0.3, -0.25) is 9.78 Å². The molecule has 0 bridgehead atoms. The van der Waals surface area contributed by atoms with Gasteiger partial charge in [0.25, 0.3) is 0 Å². The van der Waals surface area contributed by atoms with Gasteiger partial charge in [0.2, 0.25) is 20.8 Å². The number of halogens is 1. The van der Waals surface area contributed by atoms with Crippen LogP contribution in [0.5, 0.6) is 0 Å². The van der Waals surface area contributed by atoms with Crippen LogP contribution < -0.4 is 0 Å². The Hall–Kier alpha value is -2.89. The van der Waals surface area contributed by atoms with Crippen LogP contribution in [0.3, 0.4) is 0 Å². The third-order valence-electron chi connectivity index (χ3n) is 3.59. The number of hydrogen-bond donors (Lipinski definition) is 0. The van der Waals surface area contributed by atoms with Crippen LogP contribution in [-0.4, -0.2) is 35.4 Å². The van der Waals surface area contributed by atoms with Gasteiger partial charge in [-0.05, 0) is 12.1 Å². The summed E-state index contributed by atoms with van der Waals surface area (Å²) >= 11 is 5.95. The third-order valence-corrected chi connectivity index (χ3v) is 4.73. The number of aromatic nitrogens is 3. The molecule has 3 aromatic rings. The van der Waals surface area contributed by atoms with Gasteiger partial charge in [-0.1, -0.05) is 35.9 Å². The number of hydrogen-bond acceptors (Lipinski definition) is 7. The first kappa shape index (κ1) is 17.9. The molecule has 1 atom stereocenters. The Balaban J connectivity index is 2.08. The fraction of sp³-hybridized carbons (Fsp3) is 0.118. The van der Waals surface area contributed by atoms with E-state index in [-0.39, 0.29) is 16.4 Å². The number of benzene rings is 1. The van der Waals surface area contributed by atoms with E-state index < -0.39 is 26.7 Å². The normalized spacial score (nSPS) is 12.5. The van der Waals surface area contributed by atoms with E-state index in [1.54, 1.807) is 24.3 Å². The molecule has 1 aromatic carbocycles. The van der Waals surface area contributed by atoms with Crippen LogP contribution in [0.25, 0.3) is 10.9 Å². The molecule has 0 radical (unpaired) electrons. The zero-order chi connectivity index (χ0) is 18.9. The van der Waals surface area contributed by atoms with Gasteiger partial charge in [-0.25, -0.2) is 18.4 Å². The summed E-state index contributed by atoms with van der Waals surface area (Å²) in [7, 11) is -3.73. The summed E-state index contributed by atoms with van der Waals surface area (Å²) in [5.74, 6) is -2.02. The summed E-state index contributed by atoms with van der Waals surface area (Å²) in [6.07, 6.45) is 1.94. The van der Waals surface area contributed by atoms with Gasteiger partial charge in [0, 0.05) is 11.6 Å². The average Bonchev–Trinajstić information content (AvgIpc) is 2.61. The Bertz CT molecular complexity index is 1170. The minimum absolute atomic E-state index is 0.136. The van der Waals surface area contributed by atoms with Crippen molar-refractivity contribution < 1.29 is 13.2 Å². The Morgan fingerprint density at radius 3 is 2.62 bits per heavy atom. The van der Waals surface area contributed by atoms with Crippen molar-refractivity contribution >= 4 is 38.1 Å². The summed E-state index contributed by atoms with van der Waals surface area (Å²) in [5.41, 5.74) is 0.527. The average molecular weight is 387 g/mol. The Morgan fingerprint density at radius 2 is 1.92 bits per heavy atom. The number of pyridine rings is 1. The topological polar surface area (TPSA) is 114 Å². The van der Waals surface area contributed by atoms with Crippen molar-refractivity contribution in [2.45, 2.75) is 11.1 Å². The second kappa shape index (κ2) is 6.78. The number of Topliss-reactive ketones (excluding diaryl/α,β-unsaturated/α-hetero) is 1. The van der Waals surface area contributed by atoms with E-state index in [0.717, 1.165) is 17.8 Å². The standard InChI is InChI=1S/C17H11ClN4O3S/c1-26(24,25)17-20-9-12(18)15(22-17)16(23)11(8-19)14-7-6-10-4-2-3-5-13(10)21-14/h2-7,9,11H,1H3. The van der Waals surface area contributed by atoms with Gasteiger partial charge in [0.05, 0.1) is 28.5 Å². The first-order chi connectivity index (χ1) is 12.3. The molecule has 0 N–H and O–H groups in total. The van der Waals surface area contributed by atoms with E-state index in [9.17, 15) is 18.5 Å². The van der Waals surface area contributed by atoms with Gasteiger partial charge >= 0.3 is 0 Å². The van der Waals surface area contributed by atoms with Crippen LogP contribution in [0.15, 0.2) is 47.8 Å². The largest absolute Gasteiger partial charge is 0.290 e. The van der Waals surface area contributed by atoms with E-state index in [1.165, 1.54) is 0 Å². The minimum Gasteiger partial charge on any atom is -0.290 e. The number of carbonyl (C=O) groups is 1. The highest BCUT2D eigenvalue weighted by Crippen LogP contribution is 2.24. The molecular weight excluding hydrogens is 376 g/mol. The molecule has 26 heavy (non-hydrogen) atoms. The van der Waals surface area contributed by atoms with Crippen LogP contribution in [-0.2, 0) is 9.84 Å². The molecule has 3 rings (SSSR count). The van der Waals surface area contributed by atoms with Crippen LogP contribution in [0.2, 0.25) is 5.02 Å². The smallest absolute Gasteiger partial charge is 0.247 e. The summed E-state index contributed by atoms with van der Waals surface area (Å²) in [6, 6.07) is 12.5. The van der Waals surface area contributed by atoms with Crippen molar-refractivity contribution in [2.24, 2.45) is 0 Å². The Morgan fingerprint density at radius 1 is 1.19 bits per heavy atom. The quantitative estimate of drug-likeness (QED) is 0.500. The molecular formula is C17H11ClN4O3S. The van der Waals surface area contributed by atoms with E-state index >= 15 is 0 Å². The number of nitrogens with zero attached hydrogens (tertiary/aromatic N) is 4. The van der Waals surface area contributed by atoms with Crippen molar-refractivity contribution in [1.82, 2.24) is 15.0 Å². The molecule has 2 aromatic heterocycles. The lowest BCUT2D eigenvalue weighted by atomic mass is 9.98. The number of carbonyl (C=O) groups excluding carboxylic acids is 1. The molecule has 0 saturated heterocycles. The van der Waals surface area contributed by atoms with Crippen LogP contribution in [0, 0.1) is 11.3 Å². The summed E-state index contributed by atoms with van der Waals surface area (Å²) in [6.45, 7) is 0. The lowest BCUT2D eigenvalue weighted by Gasteiger charge is -2.10. The van der Waals surface area contributed by atoms with Gasteiger partial charge in [-0.15, -0.1) is 0 Å². The maximum atomic E-state index is 12.8. The predicted molar refractivity (Wildman–Crippen MR) is 94.6 cm³/mol. The summed E-state index contributed by atoms with van der Waals surface area (Å²) in [5, 5.41) is 9.68. The summed E-state index contributed by atoms with van der Waals surface area (Å²) < 4.78 is 23.2. The van der Waals surface area contributed by atoms with Crippen molar-refractivity contribution in [3.63, 3.8) is 0 Å². The monoisotopic (exact) mass is 386 g/mol. The Kier molecular flexibility index (Phi) is 4.68. The lowest BCUT2D eigenvalue weighted by molar-refractivity contribution is 0.0972. The van der Waals surface area contributed by atoms with Gasteiger partial charge in [0.1, 0.15) is 5.69 Å². The molecule has 0 amide bonds. The van der Waals surface area contributed by atoms with Gasteiger partial charge < -0.3 is 0 Å². The fourth-order valence-electron chi connectivity index (χ4n) is 2.34. The van der Waals surface area contributed by atoms with Gasteiger partial charge in [-0.2, -0.15) is 5.26 Å². The highest BCUT2D eigenvalue weighted by atomic mass is 35.5. The van der Waals surface area contributed by atoms with E-state index in [1.807, 2.05) is 18.2 Å². The van der Waals surface area contributed by atoms with Crippen LogP contribution in [0.4, 0.5) is 0 Å². The van der Waals surface area contributed by atoms with Crippen molar-refractivity contribution in [3.05, 3.63) is 59.0 Å². The number of sulfone groups is 1. The molecule has 130 valence electrons. The Labute approximate surface area is 154 Å². The molecule has 0 aliphatic rings. The highest BCUT2D eigenvalue weighted by molar-refractivity contribution is 7.90. The second-order valence-corrected chi connectivity index (χ2v) is 7.79. The molecule has 0 saturated carbocycles. The van der Waals surface area contributed by atoms with Crippen molar-refractivity contribution in [2.75, 3.05) is 6.26 Å². The maximum Gasteiger partial charge on any atom is 0.247 e. The molecule has 0 spiro atoms. The van der Waals surface area contributed by atoms with Crippen molar-refractivity contribution in [1.29, 1.82) is 5.26 Å². The number of nitriles is 1. The number of ketones is 1. The maximum absolute atomic E-state index is 12.8. The zero-order valence-electron chi connectivity index (χ0n) is 13.4. The molecule has 2 heterocycles. The van der Waals surface area contributed by atoms with Crippen molar-refractivity contribution in [3.8, 4) is 6.07 Å². The molecule has 0 aliphatic carbocycles. The summed E-state index contributed by atoms with van der Waals surface area (Å²) in [4.78, 5) is 24.5. The molecule has 7 nitrogen and oxygen atoms in total. The molecule has 0 aliphatic heterocycles. The predicted octanol–water partition coefficient (Wildman–Crippen LogP) is 2.57. The SMILES string of the molecule is CS(=O)(=O)c1ncc(Cl)c(C(=O)C(C#N)c2ccc3ccccc3n2)n1. The molecule has 9 heteroatoms. The molecule has 1 unspecified atom stereocenters. The van der Waals surface area contributed by atoms with Crippen LogP contribution >= 0.6 is 11.6 Å². The first-order valence-electron chi connectivity index (χ1n) is 7.33. The fourth-order valence-corrected chi connectivity index (χ4v) is 3.03. The minimum atomic E-state index is -3.73. The lowest BCUT2D eigenvalue weighted by Crippen LogP contribution is -2.17. The third kappa shape index (κ3) is 3.40. The van der Waals surface area contributed by atoms with Gasteiger partial charge in [0.15, 0.2) is 5.92 Å². The first-order valence-corrected chi connectivity index (χ1v) is 9.60. The van der Waals surface area contributed by atoms with Crippen LogP contribution in [0.1, 0.15) is 22.1 Å². The van der Waals surface area contributed by atoms with E-state index in [2.05, 4.69) is 15.0 Å². The van der Waals surface area contributed by atoms with E-state index in [4.69, 9.17) is 11.6 Å². The van der Waals surface area contributed by atoms with E-state index in [0.29, 0.717) is 5.52 Å². The number of fused-ring (bicyclic) bond motifs is 1. The zero-order valence-corrected chi connectivity index (χ0v) is 15.0. The second-order valence-electron chi connectivity index (χ2n) is 5.48. The number of para-hydroxylation sites is 1. The molecule has 0 fully saturated rings. The highest BCUT2D eigenvalue weighted by Gasteiger charge is 2.28.